The van der Waals surface area contributed by atoms with Crippen LogP contribution >= 0.6 is 0 Å². The molecule has 0 unspecified atom stereocenters. The summed E-state index contributed by atoms with van der Waals surface area (Å²) in [6, 6.07) is 33.5. The van der Waals surface area contributed by atoms with Crippen LogP contribution in [-0.2, 0) is 32.6 Å². The molecule has 4 aromatic carbocycles. The molecule has 1 aliphatic carbocycles. The summed E-state index contributed by atoms with van der Waals surface area (Å²) < 4.78 is 29.2. The molecule has 0 saturated heterocycles. The molecule has 0 aromatic heterocycles. The van der Waals surface area contributed by atoms with E-state index in [4.69, 9.17) is 0 Å². The number of nitrogens with zero attached hydrogens (tertiary/aromatic N) is 2. The number of nitrogens with one attached hydrogen (secondary N) is 1. The summed E-state index contributed by atoms with van der Waals surface area (Å²) in [4.78, 5) is 30.4. The lowest BCUT2D eigenvalue weighted by Crippen LogP contribution is -2.55. The molecule has 5 rings (SSSR count). The molecule has 8 heteroatoms. The zero-order valence-electron chi connectivity index (χ0n) is 25.7. The van der Waals surface area contributed by atoms with E-state index in [-0.39, 0.29) is 23.4 Å². The summed E-state index contributed by atoms with van der Waals surface area (Å²) in [5, 5.41) is 3.25. The number of hydrogen-bond acceptors (Lipinski definition) is 4. The van der Waals surface area contributed by atoms with Crippen molar-refractivity contribution in [2.45, 2.75) is 69.0 Å². The predicted octanol–water partition coefficient (Wildman–Crippen LogP) is 6.28. The Morgan fingerprint density at radius 2 is 1.38 bits per heavy atom. The average Bonchev–Trinajstić information content (AvgIpc) is 3.07. The number of amides is 2. The van der Waals surface area contributed by atoms with Crippen LogP contribution in [0.4, 0.5) is 5.69 Å². The first-order chi connectivity index (χ1) is 21.8. The van der Waals surface area contributed by atoms with Gasteiger partial charge in [0, 0.05) is 19.0 Å². The molecule has 1 atom stereocenters. The van der Waals surface area contributed by atoms with Gasteiger partial charge in [-0.3, -0.25) is 13.9 Å². The lowest BCUT2D eigenvalue weighted by atomic mass is 9.94. The van der Waals surface area contributed by atoms with Crippen LogP contribution < -0.4 is 9.62 Å². The Bertz CT molecular complexity index is 1660. The summed E-state index contributed by atoms with van der Waals surface area (Å²) in [7, 11) is -4.10. The Morgan fingerprint density at radius 3 is 2.02 bits per heavy atom. The van der Waals surface area contributed by atoms with Gasteiger partial charge >= 0.3 is 0 Å². The van der Waals surface area contributed by atoms with Gasteiger partial charge in [-0.15, -0.1) is 0 Å². The van der Waals surface area contributed by atoms with E-state index >= 15 is 0 Å². The second-order valence-corrected chi connectivity index (χ2v) is 13.6. The fourth-order valence-corrected chi connectivity index (χ4v) is 7.38. The average molecular weight is 624 g/mol. The number of carbonyl (C=O) groups excluding carboxylic acids is 2. The molecule has 7 nitrogen and oxygen atoms in total. The summed E-state index contributed by atoms with van der Waals surface area (Å²) >= 11 is 0. The van der Waals surface area contributed by atoms with Crippen LogP contribution in [0.2, 0.25) is 0 Å². The maximum atomic E-state index is 14.6. The van der Waals surface area contributed by atoms with E-state index in [1.165, 1.54) is 12.1 Å². The van der Waals surface area contributed by atoms with Gasteiger partial charge in [0.1, 0.15) is 12.6 Å². The molecule has 1 saturated carbocycles. The molecule has 45 heavy (non-hydrogen) atoms. The summed E-state index contributed by atoms with van der Waals surface area (Å²) in [6.45, 7) is 1.68. The van der Waals surface area contributed by atoms with Crippen molar-refractivity contribution in [1.29, 1.82) is 0 Å². The van der Waals surface area contributed by atoms with Crippen molar-refractivity contribution in [2.75, 3.05) is 10.8 Å². The summed E-state index contributed by atoms with van der Waals surface area (Å²) in [5.41, 5.74) is 3.18. The minimum atomic E-state index is -4.10. The van der Waals surface area contributed by atoms with Crippen molar-refractivity contribution < 1.29 is 18.0 Å². The van der Waals surface area contributed by atoms with Crippen LogP contribution in [0.1, 0.15) is 48.8 Å². The maximum absolute atomic E-state index is 14.6. The third-order valence-corrected chi connectivity index (χ3v) is 10.1. The molecule has 0 bridgehead atoms. The second kappa shape index (κ2) is 15.0. The van der Waals surface area contributed by atoms with E-state index in [9.17, 15) is 18.0 Å². The molecular formula is C37H41N3O4S. The van der Waals surface area contributed by atoms with Crippen molar-refractivity contribution in [1.82, 2.24) is 10.2 Å². The first kappa shape index (κ1) is 32.0. The fraction of sp³-hybridized carbons (Fsp3) is 0.297. The largest absolute Gasteiger partial charge is 0.352 e. The minimum absolute atomic E-state index is 0.0553. The number of aryl methyl sites for hydroxylation is 1. The molecule has 0 spiro atoms. The van der Waals surface area contributed by atoms with Crippen LogP contribution in [0.3, 0.4) is 0 Å². The quantitative estimate of drug-likeness (QED) is 0.201. The van der Waals surface area contributed by atoms with E-state index in [2.05, 4.69) is 5.32 Å². The summed E-state index contributed by atoms with van der Waals surface area (Å²) in [5.74, 6) is -0.677. The van der Waals surface area contributed by atoms with Gasteiger partial charge in [0.05, 0.1) is 10.6 Å². The zero-order valence-corrected chi connectivity index (χ0v) is 26.5. The molecule has 1 N–H and O–H groups in total. The molecule has 1 fully saturated rings. The fourth-order valence-electron chi connectivity index (χ4n) is 5.95. The molecule has 0 aliphatic heterocycles. The maximum Gasteiger partial charge on any atom is 0.264 e. The molecule has 4 aromatic rings. The smallest absolute Gasteiger partial charge is 0.264 e. The van der Waals surface area contributed by atoms with Crippen LogP contribution in [0.15, 0.2) is 120 Å². The molecule has 2 amide bonds. The van der Waals surface area contributed by atoms with Gasteiger partial charge in [0.25, 0.3) is 10.0 Å². The number of rotatable bonds is 12. The van der Waals surface area contributed by atoms with Gasteiger partial charge in [-0.1, -0.05) is 116 Å². The van der Waals surface area contributed by atoms with Crippen molar-refractivity contribution in [2.24, 2.45) is 0 Å². The number of para-hydroxylation sites is 1. The van der Waals surface area contributed by atoms with E-state index in [1.54, 1.807) is 53.4 Å². The highest BCUT2D eigenvalue weighted by Crippen LogP contribution is 2.25. The molecular weight excluding hydrogens is 582 g/mol. The molecule has 0 heterocycles. The van der Waals surface area contributed by atoms with E-state index in [0.717, 1.165) is 53.1 Å². The van der Waals surface area contributed by atoms with E-state index in [1.807, 2.05) is 61.5 Å². The molecule has 234 valence electrons. The standard InChI is InChI=1S/C37H41N3O4S/c1-29-15-14-18-31(25-29)27-39(35(26-30-16-6-2-7-17-30)37(42)38-32-19-8-3-9-20-32)36(41)28-40(33-21-10-4-11-22-33)45(43,44)34-23-12-5-13-24-34/h2,4-7,10-18,21-25,32,35H,3,8-9,19-20,26-28H2,1H3,(H,38,42)/t35-/m0/s1. The Labute approximate surface area is 266 Å². The van der Waals surface area contributed by atoms with Gasteiger partial charge in [-0.2, -0.15) is 0 Å². The highest BCUT2D eigenvalue weighted by molar-refractivity contribution is 7.92. The first-order valence-corrected chi connectivity index (χ1v) is 17.1. The summed E-state index contributed by atoms with van der Waals surface area (Å²) in [6.07, 6.45) is 5.39. The van der Waals surface area contributed by atoms with Crippen molar-refractivity contribution >= 4 is 27.5 Å². The first-order valence-electron chi connectivity index (χ1n) is 15.6. The number of hydrogen-bond donors (Lipinski definition) is 1. The third-order valence-electron chi connectivity index (χ3n) is 8.31. The Hall–Kier alpha value is -4.43. The highest BCUT2D eigenvalue weighted by Gasteiger charge is 2.35. The van der Waals surface area contributed by atoms with Crippen LogP contribution in [0.5, 0.6) is 0 Å². The van der Waals surface area contributed by atoms with Gasteiger partial charge < -0.3 is 10.2 Å². The number of benzene rings is 4. The van der Waals surface area contributed by atoms with Crippen molar-refractivity contribution in [3.8, 4) is 0 Å². The van der Waals surface area contributed by atoms with Crippen LogP contribution in [0, 0.1) is 6.92 Å². The van der Waals surface area contributed by atoms with Gasteiger partial charge in [0.15, 0.2) is 0 Å². The zero-order chi connectivity index (χ0) is 31.6. The lowest BCUT2D eigenvalue weighted by Gasteiger charge is -2.35. The third kappa shape index (κ3) is 8.39. The minimum Gasteiger partial charge on any atom is -0.352 e. The van der Waals surface area contributed by atoms with Crippen LogP contribution in [-0.4, -0.2) is 43.8 Å². The SMILES string of the molecule is Cc1cccc(CN(C(=O)CN(c2ccccc2)S(=O)(=O)c2ccccc2)[C@@H](Cc2ccccc2)C(=O)NC2CCCCC2)c1. The number of anilines is 1. The predicted molar refractivity (Wildman–Crippen MR) is 178 cm³/mol. The van der Waals surface area contributed by atoms with Gasteiger partial charge in [-0.25, -0.2) is 8.42 Å². The second-order valence-electron chi connectivity index (χ2n) is 11.7. The highest BCUT2D eigenvalue weighted by atomic mass is 32.2. The normalized spacial score (nSPS) is 14.3. The van der Waals surface area contributed by atoms with E-state index < -0.39 is 28.5 Å². The number of carbonyl (C=O) groups is 2. The topological polar surface area (TPSA) is 86.8 Å². The van der Waals surface area contributed by atoms with Gasteiger partial charge in [0.2, 0.25) is 11.8 Å². The van der Waals surface area contributed by atoms with Crippen LogP contribution in [0.25, 0.3) is 0 Å². The van der Waals surface area contributed by atoms with Crippen molar-refractivity contribution in [3.63, 3.8) is 0 Å². The Kier molecular flexibility index (Phi) is 10.7. The van der Waals surface area contributed by atoms with E-state index in [0.29, 0.717) is 12.1 Å². The Morgan fingerprint density at radius 1 is 0.778 bits per heavy atom. The lowest BCUT2D eigenvalue weighted by molar-refractivity contribution is -0.140. The Balaban J connectivity index is 1.54. The number of sulfonamides is 1. The van der Waals surface area contributed by atoms with Gasteiger partial charge in [-0.05, 0) is 55.2 Å². The molecule has 1 aliphatic rings. The molecule has 0 radical (unpaired) electrons. The monoisotopic (exact) mass is 623 g/mol. The van der Waals surface area contributed by atoms with Crippen molar-refractivity contribution in [3.05, 3.63) is 132 Å².